The molecule has 5 nitrogen and oxygen atoms in total. The second kappa shape index (κ2) is 5.42. The minimum Gasteiger partial charge on any atom is -0.505 e. The molecule has 3 rings (SSSR count). The van der Waals surface area contributed by atoms with E-state index in [1.54, 1.807) is 12.3 Å². The lowest BCUT2D eigenvalue weighted by Crippen LogP contribution is -1.91. The smallest absolute Gasteiger partial charge is 0.280 e. The fourth-order valence-electron chi connectivity index (χ4n) is 1.77. The molecule has 0 aliphatic heterocycles. The van der Waals surface area contributed by atoms with Crippen LogP contribution in [0, 0.1) is 0 Å². The molecule has 0 bridgehead atoms. The molecule has 3 aromatic rings. The lowest BCUT2D eigenvalue weighted by molar-refractivity contribution is 0.416. The van der Waals surface area contributed by atoms with Crippen molar-refractivity contribution in [3.63, 3.8) is 0 Å². The van der Waals surface area contributed by atoms with Crippen molar-refractivity contribution < 1.29 is 9.63 Å². The Morgan fingerprint density at radius 3 is 2.70 bits per heavy atom. The number of rotatable bonds is 3. The Bertz CT molecular complexity index is 725. The molecule has 0 amide bonds. The summed E-state index contributed by atoms with van der Waals surface area (Å²) in [6.45, 7) is 0. The van der Waals surface area contributed by atoms with E-state index in [9.17, 15) is 5.11 Å². The third kappa shape index (κ3) is 2.70. The molecule has 1 aromatic carbocycles. The van der Waals surface area contributed by atoms with Crippen LogP contribution in [0.15, 0.2) is 51.6 Å². The average molecular weight is 332 g/mol. The highest BCUT2D eigenvalue weighted by molar-refractivity contribution is 9.10. The summed E-state index contributed by atoms with van der Waals surface area (Å²) >= 11 is 3.39. The quantitative estimate of drug-likeness (QED) is 0.797. The van der Waals surface area contributed by atoms with Crippen molar-refractivity contribution in [1.82, 2.24) is 15.1 Å². The van der Waals surface area contributed by atoms with Gasteiger partial charge in [0, 0.05) is 17.1 Å². The molecule has 0 saturated heterocycles. The Kier molecular flexibility index (Phi) is 3.47. The van der Waals surface area contributed by atoms with E-state index < -0.39 is 0 Å². The van der Waals surface area contributed by atoms with Gasteiger partial charge < -0.3 is 9.63 Å². The summed E-state index contributed by atoms with van der Waals surface area (Å²) in [7, 11) is 0. The minimum atomic E-state index is 0.0198. The molecule has 1 N–H and O–H groups in total. The largest absolute Gasteiger partial charge is 0.505 e. The third-order valence-electron chi connectivity index (χ3n) is 2.73. The SMILES string of the molecule is Oc1cccnc1-c1nc(Cc2ccc(Br)cc2)no1. The van der Waals surface area contributed by atoms with Gasteiger partial charge in [-0.25, -0.2) is 4.98 Å². The van der Waals surface area contributed by atoms with E-state index in [1.165, 1.54) is 6.07 Å². The van der Waals surface area contributed by atoms with Crippen LogP contribution in [0.5, 0.6) is 5.75 Å². The van der Waals surface area contributed by atoms with E-state index in [1.807, 2.05) is 24.3 Å². The normalized spacial score (nSPS) is 10.7. The molecule has 0 radical (unpaired) electrons. The van der Waals surface area contributed by atoms with Gasteiger partial charge in [0.05, 0.1) is 0 Å². The van der Waals surface area contributed by atoms with Gasteiger partial charge in [-0.3, -0.25) is 0 Å². The number of pyridine rings is 1. The Hall–Kier alpha value is -2.21. The van der Waals surface area contributed by atoms with Crippen LogP contribution in [0.4, 0.5) is 0 Å². The molecule has 6 heteroatoms. The highest BCUT2D eigenvalue weighted by atomic mass is 79.9. The summed E-state index contributed by atoms with van der Waals surface area (Å²) in [6, 6.07) is 11.1. The lowest BCUT2D eigenvalue weighted by Gasteiger charge is -1.97. The Morgan fingerprint density at radius 2 is 1.95 bits per heavy atom. The van der Waals surface area contributed by atoms with Gasteiger partial charge in [-0.2, -0.15) is 4.98 Å². The molecule has 100 valence electrons. The lowest BCUT2D eigenvalue weighted by atomic mass is 10.1. The highest BCUT2D eigenvalue weighted by Gasteiger charge is 2.13. The van der Waals surface area contributed by atoms with E-state index in [4.69, 9.17) is 4.52 Å². The van der Waals surface area contributed by atoms with Crippen LogP contribution in [0.2, 0.25) is 0 Å². The second-order valence-electron chi connectivity index (χ2n) is 4.19. The van der Waals surface area contributed by atoms with Gasteiger partial charge in [-0.15, -0.1) is 0 Å². The van der Waals surface area contributed by atoms with Gasteiger partial charge in [0.25, 0.3) is 5.89 Å². The summed E-state index contributed by atoms with van der Waals surface area (Å²) < 4.78 is 6.16. The summed E-state index contributed by atoms with van der Waals surface area (Å²) in [5, 5.41) is 13.6. The zero-order valence-electron chi connectivity index (χ0n) is 10.3. The van der Waals surface area contributed by atoms with E-state index in [0.717, 1.165) is 10.0 Å². The van der Waals surface area contributed by atoms with Crippen molar-refractivity contribution in [3.8, 4) is 17.3 Å². The zero-order valence-corrected chi connectivity index (χ0v) is 11.9. The van der Waals surface area contributed by atoms with Gasteiger partial charge >= 0.3 is 0 Å². The van der Waals surface area contributed by atoms with Crippen LogP contribution in [-0.2, 0) is 6.42 Å². The maximum Gasteiger partial charge on any atom is 0.280 e. The topological polar surface area (TPSA) is 72.0 Å². The molecule has 2 aromatic heterocycles. The standard InChI is InChI=1S/C14H10BrN3O2/c15-10-5-3-9(4-6-10)8-12-17-14(20-18-12)13-11(19)2-1-7-16-13/h1-7,19H,8H2. The van der Waals surface area contributed by atoms with E-state index >= 15 is 0 Å². The molecular weight excluding hydrogens is 322 g/mol. The average Bonchev–Trinajstić information content (AvgIpc) is 2.90. The number of hydrogen-bond donors (Lipinski definition) is 1. The van der Waals surface area contributed by atoms with Gasteiger partial charge in [-0.05, 0) is 29.8 Å². The molecule has 0 saturated carbocycles. The minimum absolute atomic E-state index is 0.0198. The van der Waals surface area contributed by atoms with E-state index in [0.29, 0.717) is 17.9 Å². The first-order valence-corrected chi connectivity index (χ1v) is 6.73. The van der Waals surface area contributed by atoms with Crippen molar-refractivity contribution in [2.45, 2.75) is 6.42 Å². The van der Waals surface area contributed by atoms with E-state index in [-0.39, 0.29) is 11.6 Å². The number of aromatic nitrogens is 3. The fraction of sp³-hybridized carbons (Fsp3) is 0.0714. The Morgan fingerprint density at radius 1 is 1.15 bits per heavy atom. The van der Waals surface area contributed by atoms with Crippen LogP contribution in [-0.4, -0.2) is 20.2 Å². The summed E-state index contributed by atoms with van der Waals surface area (Å²) in [5.41, 5.74) is 1.37. The molecule has 0 unspecified atom stereocenters. The number of aromatic hydroxyl groups is 1. The molecule has 2 heterocycles. The van der Waals surface area contributed by atoms with Crippen LogP contribution >= 0.6 is 15.9 Å². The maximum absolute atomic E-state index is 9.70. The number of benzene rings is 1. The molecule has 0 spiro atoms. The molecular formula is C14H10BrN3O2. The summed E-state index contributed by atoms with van der Waals surface area (Å²) in [6.07, 6.45) is 2.12. The first-order chi connectivity index (χ1) is 9.72. The van der Waals surface area contributed by atoms with Gasteiger partial charge in [0.15, 0.2) is 11.5 Å². The summed E-state index contributed by atoms with van der Waals surface area (Å²) in [5.74, 6) is 0.786. The first-order valence-electron chi connectivity index (χ1n) is 5.94. The van der Waals surface area contributed by atoms with Crippen LogP contribution in [0.3, 0.4) is 0 Å². The maximum atomic E-state index is 9.70. The number of hydrogen-bond acceptors (Lipinski definition) is 5. The highest BCUT2D eigenvalue weighted by Crippen LogP contribution is 2.24. The van der Waals surface area contributed by atoms with Crippen molar-refractivity contribution in [2.75, 3.05) is 0 Å². The monoisotopic (exact) mass is 331 g/mol. The zero-order chi connectivity index (χ0) is 13.9. The fourth-order valence-corrected chi connectivity index (χ4v) is 2.03. The predicted molar refractivity (Wildman–Crippen MR) is 76.1 cm³/mol. The molecule has 0 aliphatic rings. The van der Waals surface area contributed by atoms with Crippen LogP contribution in [0.1, 0.15) is 11.4 Å². The van der Waals surface area contributed by atoms with Crippen molar-refractivity contribution in [1.29, 1.82) is 0 Å². The number of halogens is 1. The predicted octanol–water partition coefficient (Wildman–Crippen LogP) is 3.19. The van der Waals surface area contributed by atoms with Crippen molar-refractivity contribution in [2.24, 2.45) is 0 Å². The van der Waals surface area contributed by atoms with Crippen LogP contribution < -0.4 is 0 Å². The third-order valence-corrected chi connectivity index (χ3v) is 3.26. The Balaban J connectivity index is 1.84. The molecule has 0 fully saturated rings. The van der Waals surface area contributed by atoms with Crippen molar-refractivity contribution in [3.05, 3.63) is 58.5 Å². The first kappa shape index (κ1) is 12.8. The van der Waals surface area contributed by atoms with Gasteiger partial charge in [-0.1, -0.05) is 33.2 Å². The second-order valence-corrected chi connectivity index (χ2v) is 5.11. The van der Waals surface area contributed by atoms with Crippen LogP contribution in [0.25, 0.3) is 11.6 Å². The molecule has 0 aliphatic carbocycles. The van der Waals surface area contributed by atoms with Crippen molar-refractivity contribution >= 4 is 15.9 Å². The Labute approximate surface area is 123 Å². The van der Waals surface area contributed by atoms with Gasteiger partial charge in [0.1, 0.15) is 5.75 Å². The summed E-state index contributed by atoms with van der Waals surface area (Å²) in [4.78, 5) is 8.28. The molecule has 20 heavy (non-hydrogen) atoms. The number of nitrogens with zero attached hydrogens (tertiary/aromatic N) is 3. The van der Waals surface area contributed by atoms with Gasteiger partial charge in [0.2, 0.25) is 0 Å². The van der Waals surface area contributed by atoms with E-state index in [2.05, 4.69) is 31.1 Å². The molecule has 0 atom stereocenters.